The minimum Gasteiger partial charge on any atom is -0.388 e. The molecule has 2 aromatic carbocycles. The molecule has 0 spiro atoms. The van der Waals surface area contributed by atoms with Crippen LogP contribution in [-0.4, -0.2) is 5.11 Å². The fourth-order valence-corrected chi connectivity index (χ4v) is 3.24. The molecule has 0 aliphatic heterocycles. The third-order valence-corrected chi connectivity index (χ3v) is 4.65. The van der Waals surface area contributed by atoms with Crippen LogP contribution in [-0.2, 0) is 19.3 Å². The van der Waals surface area contributed by atoms with Crippen LogP contribution in [0.4, 0.5) is 0 Å². The van der Waals surface area contributed by atoms with E-state index in [0.717, 1.165) is 22.0 Å². The third kappa shape index (κ3) is 2.75. The van der Waals surface area contributed by atoms with E-state index in [4.69, 9.17) is 0 Å². The van der Waals surface area contributed by atoms with Crippen molar-refractivity contribution in [3.63, 3.8) is 0 Å². The fourth-order valence-electron chi connectivity index (χ4n) is 2.79. The van der Waals surface area contributed by atoms with Gasteiger partial charge in [0.05, 0.1) is 6.10 Å². The number of hydrogen-bond donors (Lipinski definition) is 1. The summed E-state index contributed by atoms with van der Waals surface area (Å²) < 4.78 is 1.07. The molecule has 0 fully saturated rings. The van der Waals surface area contributed by atoms with Gasteiger partial charge in [-0.3, -0.25) is 0 Å². The summed E-state index contributed by atoms with van der Waals surface area (Å²) in [4.78, 5) is 0. The highest BCUT2D eigenvalue weighted by Crippen LogP contribution is 2.28. The Balaban J connectivity index is 1.81. The van der Waals surface area contributed by atoms with Crippen molar-refractivity contribution >= 4 is 15.9 Å². The van der Waals surface area contributed by atoms with Crippen LogP contribution in [0.5, 0.6) is 0 Å². The molecule has 0 heterocycles. The van der Waals surface area contributed by atoms with Crippen LogP contribution < -0.4 is 0 Å². The van der Waals surface area contributed by atoms with Crippen molar-refractivity contribution in [3.05, 3.63) is 69.2 Å². The molecule has 2 heteroatoms. The van der Waals surface area contributed by atoms with Gasteiger partial charge < -0.3 is 5.11 Å². The molecule has 1 atom stereocenters. The standard InChI is InChI=1S/C17H17BrO/c18-16-7-2-1-4-14(16)11-17(19)15-9-8-12-5-3-6-13(12)10-15/h1-2,4,7-10,17,19H,3,5-6,11H2. The molecule has 1 N–H and O–H groups in total. The van der Waals surface area contributed by atoms with Crippen LogP contribution in [0.3, 0.4) is 0 Å². The van der Waals surface area contributed by atoms with Crippen molar-refractivity contribution in [2.75, 3.05) is 0 Å². The molecule has 1 unspecified atom stereocenters. The molecular formula is C17H17BrO. The van der Waals surface area contributed by atoms with Crippen molar-refractivity contribution in [3.8, 4) is 0 Å². The summed E-state index contributed by atoms with van der Waals surface area (Å²) in [6.07, 6.45) is 3.82. The summed E-state index contributed by atoms with van der Waals surface area (Å²) >= 11 is 3.54. The minimum absolute atomic E-state index is 0.426. The first-order valence-electron chi connectivity index (χ1n) is 6.77. The zero-order chi connectivity index (χ0) is 13.2. The molecule has 0 amide bonds. The van der Waals surface area contributed by atoms with E-state index in [1.165, 1.54) is 24.0 Å². The van der Waals surface area contributed by atoms with Crippen LogP contribution in [0.2, 0.25) is 0 Å². The maximum atomic E-state index is 10.4. The molecule has 0 radical (unpaired) electrons. The van der Waals surface area contributed by atoms with E-state index in [1.54, 1.807) is 0 Å². The predicted octanol–water partition coefficient (Wildman–Crippen LogP) is 4.21. The Hall–Kier alpha value is -1.12. The van der Waals surface area contributed by atoms with E-state index >= 15 is 0 Å². The highest BCUT2D eigenvalue weighted by Gasteiger charge is 2.15. The van der Waals surface area contributed by atoms with Gasteiger partial charge in [0.15, 0.2) is 0 Å². The Bertz CT molecular complexity index is 592. The molecule has 0 aromatic heterocycles. The average molecular weight is 317 g/mol. The number of fused-ring (bicyclic) bond motifs is 1. The van der Waals surface area contributed by atoms with Crippen LogP contribution >= 0.6 is 15.9 Å². The Kier molecular flexibility index (Phi) is 3.72. The smallest absolute Gasteiger partial charge is 0.0830 e. The first kappa shape index (κ1) is 12.9. The Labute approximate surface area is 122 Å². The van der Waals surface area contributed by atoms with Gasteiger partial charge in [0.1, 0.15) is 0 Å². The van der Waals surface area contributed by atoms with Gasteiger partial charge >= 0.3 is 0 Å². The largest absolute Gasteiger partial charge is 0.388 e. The molecule has 1 nitrogen and oxygen atoms in total. The fraction of sp³-hybridized carbons (Fsp3) is 0.294. The number of aliphatic hydroxyl groups excluding tert-OH is 1. The zero-order valence-electron chi connectivity index (χ0n) is 10.8. The predicted molar refractivity (Wildman–Crippen MR) is 81.3 cm³/mol. The Morgan fingerprint density at radius 2 is 1.84 bits per heavy atom. The number of rotatable bonds is 3. The van der Waals surface area contributed by atoms with E-state index in [9.17, 15) is 5.11 Å². The van der Waals surface area contributed by atoms with Gasteiger partial charge in [-0.15, -0.1) is 0 Å². The van der Waals surface area contributed by atoms with Gasteiger partial charge in [0.2, 0.25) is 0 Å². The molecule has 3 rings (SSSR count). The summed E-state index contributed by atoms with van der Waals surface area (Å²) in [7, 11) is 0. The van der Waals surface area contributed by atoms with E-state index < -0.39 is 6.10 Å². The van der Waals surface area contributed by atoms with Crippen molar-refractivity contribution in [2.45, 2.75) is 31.8 Å². The third-order valence-electron chi connectivity index (χ3n) is 3.88. The summed E-state index contributed by atoms with van der Waals surface area (Å²) in [5.74, 6) is 0. The molecular weight excluding hydrogens is 300 g/mol. The van der Waals surface area contributed by atoms with E-state index in [-0.39, 0.29) is 0 Å². The van der Waals surface area contributed by atoms with E-state index in [2.05, 4.69) is 40.2 Å². The average Bonchev–Trinajstić information content (AvgIpc) is 2.88. The maximum Gasteiger partial charge on any atom is 0.0830 e. The second-order valence-corrected chi connectivity index (χ2v) is 6.05. The molecule has 0 saturated heterocycles. The van der Waals surface area contributed by atoms with Crippen LogP contribution in [0.1, 0.15) is 34.8 Å². The van der Waals surface area contributed by atoms with Crippen molar-refractivity contribution in [1.29, 1.82) is 0 Å². The minimum atomic E-state index is -0.426. The molecule has 2 aromatic rings. The van der Waals surface area contributed by atoms with Gasteiger partial charge in [-0.2, -0.15) is 0 Å². The van der Waals surface area contributed by atoms with Crippen molar-refractivity contribution < 1.29 is 5.11 Å². The van der Waals surface area contributed by atoms with E-state index in [0.29, 0.717) is 6.42 Å². The Morgan fingerprint density at radius 1 is 1.05 bits per heavy atom. The molecule has 1 aliphatic carbocycles. The highest BCUT2D eigenvalue weighted by atomic mass is 79.9. The molecule has 98 valence electrons. The second-order valence-electron chi connectivity index (χ2n) is 5.19. The molecule has 1 aliphatic rings. The lowest BCUT2D eigenvalue weighted by Crippen LogP contribution is -2.03. The van der Waals surface area contributed by atoms with Gasteiger partial charge in [0, 0.05) is 10.9 Å². The summed E-state index contributed by atoms with van der Waals surface area (Å²) in [6, 6.07) is 14.5. The number of hydrogen-bond acceptors (Lipinski definition) is 1. The lowest BCUT2D eigenvalue weighted by molar-refractivity contribution is 0.178. The number of benzene rings is 2. The van der Waals surface area contributed by atoms with Gasteiger partial charge in [-0.25, -0.2) is 0 Å². The van der Waals surface area contributed by atoms with E-state index in [1.807, 2.05) is 18.2 Å². The van der Waals surface area contributed by atoms with Crippen LogP contribution in [0.15, 0.2) is 46.9 Å². The zero-order valence-corrected chi connectivity index (χ0v) is 12.4. The second kappa shape index (κ2) is 5.48. The maximum absolute atomic E-state index is 10.4. The number of aryl methyl sites for hydroxylation is 2. The quantitative estimate of drug-likeness (QED) is 0.899. The molecule has 0 saturated carbocycles. The summed E-state index contributed by atoms with van der Waals surface area (Å²) in [6.45, 7) is 0. The molecule has 19 heavy (non-hydrogen) atoms. The van der Waals surface area contributed by atoms with Crippen LogP contribution in [0, 0.1) is 0 Å². The highest BCUT2D eigenvalue weighted by molar-refractivity contribution is 9.10. The lowest BCUT2D eigenvalue weighted by atomic mass is 9.98. The van der Waals surface area contributed by atoms with Crippen molar-refractivity contribution in [1.82, 2.24) is 0 Å². The summed E-state index contributed by atoms with van der Waals surface area (Å²) in [5, 5.41) is 10.4. The first-order chi connectivity index (χ1) is 9.24. The first-order valence-corrected chi connectivity index (χ1v) is 7.56. The van der Waals surface area contributed by atoms with Gasteiger partial charge in [-0.1, -0.05) is 52.3 Å². The normalized spacial score (nSPS) is 15.3. The SMILES string of the molecule is OC(Cc1ccccc1Br)c1ccc2c(c1)CCC2. The van der Waals surface area contributed by atoms with Gasteiger partial charge in [0.25, 0.3) is 0 Å². The Morgan fingerprint density at radius 3 is 2.68 bits per heavy atom. The monoisotopic (exact) mass is 316 g/mol. The van der Waals surface area contributed by atoms with Crippen molar-refractivity contribution in [2.24, 2.45) is 0 Å². The lowest BCUT2D eigenvalue weighted by Gasteiger charge is -2.13. The topological polar surface area (TPSA) is 20.2 Å². The van der Waals surface area contributed by atoms with Crippen LogP contribution in [0.25, 0.3) is 0 Å². The molecule has 0 bridgehead atoms. The number of aliphatic hydroxyl groups is 1. The summed E-state index contributed by atoms with van der Waals surface area (Å²) in [5.41, 5.74) is 5.06. The van der Waals surface area contributed by atoms with Gasteiger partial charge in [-0.05, 0) is 47.6 Å². The number of halogens is 1.